The van der Waals surface area contributed by atoms with Crippen LogP contribution in [-0.4, -0.2) is 20.1 Å². The van der Waals surface area contributed by atoms with Crippen LogP contribution < -0.4 is 9.83 Å². The van der Waals surface area contributed by atoms with E-state index in [-0.39, 0.29) is 11.8 Å². The van der Waals surface area contributed by atoms with E-state index in [0.29, 0.717) is 5.69 Å². The van der Waals surface area contributed by atoms with Crippen molar-refractivity contribution in [3.8, 4) is 0 Å². The van der Waals surface area contributed by atoms with Gasteiger partial charge in [-0.2, -0.15) is 0 Å². The Hall–Kier alpha value is -1.56. The van der Waals surface area contributed by atoms with Crippen molar-refractivity contribution in [3.05, 3.63) is 29.3 Å². The number of hydrogen-bond donors (Lipinski definition) is 1. The summed E-state index contributed by atoms with van der Waals surface area (Å²) in [6.45, 7) is 7.82. The average Bonchev–Trinajstić information content (AvgIpc) is 2.25. The van der Waals surface area contributed by atoms with Gasteiger partial charge in [0.1, 0.15) is 5.75 Å². The van der Waals surface area contributed by atoms with Gasteiger partial charge >= 0.3 is 0 Å². The number of hydrogen-bond acceptors (Lipinski definition) is 4. The third-order valence-corrected chi connectivity index (χ3v) is 4.07. The molecule has 0 fully saturated rings. The number of carboxylic acid groups (broad SMARTS) is 1. The first-order valence-corrected chi connectivity index (χ1v) is 8.12. The van der Waals surface area contributed by atoms with Crippen LogP contribution in [0.15, 0.2) is 18.2 Å². The predicted octanol–water partition coefficient (Wildman–Crippen LogP) is 1.42. The lowest BCUT2D eigenvalue weighted by Crippen LogP contribution is -2.33. The van der Waals surface area contributed by atoms with Gasteiger partial charge in [-0.15, -0.1) is 0 Å². The van der Waals surface area contributed by atoms with Gasteiger partial charge in [0.25, 0.3) is 0 Å². The quantitative estimate of drug-likeness (QED) is 0.860. The molecule has 5 nitrogen and oxygen atoms in total. The summed E-state index contributed by atoms with van der Waals surface area (Å²) >= 11 is 0. The summed E-state index contributed by atoms with van der Waals surface area (Å²) in [5.74, 6) is -2.42. The summed E-state index contributed by atoms with van der Waals surface area (Å²) in [6, 6.07) is 5.56. The molecule has 0 atom stereocenters. The molecule has 0 aliphatic carbocycles. The van der Waals surface area contributed by atoms with Crippen molar-refractivity contribution < 1.29 is 18.3 Å². The number of rotatable bonds is 6. The number of nitrogens with one attached hydrogen (secondary N) is 1. The SMILES string of the molecule is CC(C)c1cccc(C(C)C)c1NS(=O)(=O)CC(=O)[O-]. The highest BCUT2D eigenvalue weighted by molar-refractivity contribution is 7.93. The van der Waals surface area contributed by atoms with Crippen molar-refractivity contribution in [1.82, 2.24) is 0 Å². The average molecular weight is 298 g/mol. The number of carbonyl (C=O) groups excluding carboxylic acids is 1. The molecule has 0 bridgehead atoms. The number of para-hydroxylation sites is 1. The third-order valence-electron chi connectivity index (χ3n) is 2.94. The smallest absolute Gasteiger partial charge is 0.238 e. The van der Waals surface area contributed by atoms with Crippen LogP contribution in [0, 0.1) is 0 Å². The van der Waals surface area contributed by atoms with E-state index in [1.54, 1.807) is 0 Å². The first-order chi connectivity index (χ1) is 9.14. The minimum absolute atomic E-state index is 0.120. The molecule has 1 N–H and O–H groups in total. The Morgan fingerprint density at radius 3 is 1.95 bits per heavy atom. The van der Waals surface area contributed by atoms with Crippen LogP contribution in [-0.2, 0) is 14.8 Å². The summed E-state index contributed by atoms with van der Waals surface area (Å²) in [4.78, 5) is 10.5. The second-order valence-corrected chi connectivity index (χ2v) is 7.08. The maximum atomic E-state index is 11.8. The van der Waals surface area contributed by atoms with Gasteiger partial charge in [0.2, 0.25) is 10.0 Å². The van der Waals surface area contributed by atoms with Gasteiger partial charge in [-0.1, -0.05) is 45.9 Å². The molecule has 0 saturated carbocycles. The molecule has 6 heteroatoms. The van der Waals surface area contributed by atoms with Gasteiger partial charge in [-0.3, -0.25) is 4.72 Å². The molecule has 0 saturated heterocycles. The van der Waals surface area contributed by atoms with Gasteiger partial charge in [0, 0.05) is 0 Å². The molecule has 1 aromatic carbocycles. The van der Waals surface area contributed by atoms with Crippen molar-refractivity contribution in [2.45, 2.75) is 39.5 Å². The Bertz CT molecular complexity index is 565. The highest BCUT2D eigenvalue weighted by atomic mass is 32.2. The summed E-state index contributed by atoms with van der Waals surface area (Å²) in [5.41, 5.74) is 2.18. The van der Waals surface area contributed by atoms with Crippen molar-refractivity contribution in [1.29, 1.82) is 0 Å². The Labute approximate surface area is 120 Å². The Morgan fingerprint density at radius 1 is 1.15 bits per heavy atom. The fourth-order valence-corrected chi connectivity index (χ4v) is 2.94. The van der Waals surface area contributed by atoms with E-state index < -0.39 is 21.7 Å². The van der Waals surface area contributed by atoms with Crippen molar-refractivity contribution in [2.24, 2.45) is 0 Å². The maximum absolute atomic E-state index is 11.8. The lowest BCUT2D eigenvalue weighted by Gasteiger charge is -2.20. The van der Waals surface area contributed by atoms with Crippen LogP contribution in [0.4, 0.5) is 5.69 Å². The van der Waals surface area contributed by atoms with E-state index >= 15 is 0 Å². The Balaban J connectivity index is 3.31. The van der Waals surface area contributed by atoms with Crippen molar-refractivity contribution in [2.75, 3.05) is 10.5 Å². The summed E-state index contributed by atoms with van der Waals surface area (Å²) in [5, 5.41) is 10.5. The van der Waals surface area contributed by atoms with Crippen LogP contribution in [0.2, 0.25) is 0 Å². The zero-order valence-corrected chi connectivity index (χ0v) is 13.0. The largest absolute Gasteiger partial charge is 0.549 e. The lowest BCUT2D eigenvalue weighted by atomic mass is 9.93. The van der Waals surface area contributed by atoms with Crippen molar-refractivity contribution >= 4 is 21.7 Å². The monoisotopic (exact) mass is 298 g/mol. The number of carboxylic acids is 1. The van der Waals surface area contributed by atoms with Gasteiger partial charge in [0.15, 0.2) is 0 Å². The molecule has 0 radical (unpaired) electrons. The second kappa shape index (κ2) is 6.26. The van der Waals surface area contributed by atoms with Crippen LogP contribution in [0.3, 0.4) is 0 Å². The standard InChI is InChI=1S/C14H21NO4S/c1-9(2)11-6-5-7-12(10(3)4)14(11)15-20(18,19)8-13(16)17/h5-7,9-10,15H,8H2,1-4H3,(H,16,17)/p-1. The molecule has 0 spiro atoms. The van der Waals surface area contributed by atoms with E-state index in [0.717, 1.165) is 11.1 Å². The van der Waals surface area contributed by atoms with E-state index in [2.05, 4.69) is 4.72 Å². The topological polar surface area (TPSA) is 86.3 Å². The van der Waals surface area contributed by atoms with Gasteiger partial charge < -0.3 is 9.90 Å². The van der Waals surface area contributed by atoms with E-state index in [1.165, 1.54) is 0 Å². The highest BCUT2D eigenvalue weighted by Crippen LogP contribution is 2.32. The zero-order valence-electron chi connectivity index (χ0n) is 12.1. The van der Waals surface area contributed by atoms with Gasteiger partial charge in [0.05, 0.1) is 11.7 Å². The molecule has 0 amide bonds. The van der Waals surface area contributed by atoms with Crippen LogP contribution >= 0.6 is 0 Å². The normalized spacial score (nSPS) is 11.9. The molecular weight excluding hydrogens is 278 g/mol. The maximum Gasteiger partial charge on any atom is 0.238 e. The summed E-state index contributed by atoms with van der Waals surface area (Å²) in [6.07, 6.45) is 0. The van der Waals surface area contributed by atoms with Crippen LogP contribution in [0.1, 0.15) is 50.7 Å². The molecule has 0 unspecified atom stereocenters. The fraction of sp³-hybridized carbons (Fsp3) is 0.500. The van der Waals surface area contributed by atoms with E-state index in [1.807, 2.05) is 45.9 Å². The lowest BCUT2D eigenvalue weighted by molar-refractivity contribution is -0.301. The summed E-state index contributed by atoms with van der Waals surface area (Å²) < 4.78 is 26.1. The highest BCUT2D eigenvalue weighted by Gasteiger charge is 2.19. The van der Waals surface area contributed by atoms with Crippen molar-refractivity contribution in [3.63, 3.8) is 0 Å². The molecular formula is C14H20NO4S-. The molecule has 112 valence electrons. The predicted molar refractivity (Wildman–Crippen MR) is 77.0 cm³/mol. The van der Waals surface area contributed by atoms with Crippen LogP contribution in [0.25, 0.3) is 0 Å². The van der Waals surface area contributed by atoms with E-state index in [9.17, 15) is 18.3 Å². The minimum atomic E-state index is -3.96. The first-order valence-electron chi connectivity index (χ1n) is 6.47. The van der Waals surface area contributed by atoms with Gasteiger partial charge in [-0.05, 0) is 23.0 Å². The number of anilines is 1. The second-order valence-electron chi connectivity index (χ2n) is 5.35. The number of benzene rings is 1. The Kier molecular flexibility index (Phi) is 5.16. The number of sulfonamides is 1. The molecule has 1 aromatic rings. The summed E-state index contributed by atoms with van der Waals surface area (Å²) in [7, 11) is -3.96. The molecule has 0 aromatic heterocycles. The van der Waals surface area contributed by atoms with Crippen LogP contribution in [0.5, 0.6) is 0 Å². The number of carbonyl (C=O) groups is 1. The molecule has 1 rings (SSSR count). The van der Waals surface area contributed by atoms with Gasteiger partial charge in [-0.25, -0.2) is 8.42 Å². The molecule has 20 heavy (non-hydrogen) atoms. The number of aliphatic carboxylic acids is 1. The molecule has 0 heterocycles. The molecule has 0 aliphatic rings. The van der Waals surface area contributed by atoms with E-state index in [4.69, 9.17) is 0 Å². The third kappa shape index (κ3) is 4.23. The zero-order chi connectivity index (χ0) is 15.5. The Morgan fingerprint density at radius 2 is 1.60 bits per heavy atom. The first kappa shape index (κ1) is 16.5. The minimum Gasteiger partial charge on any atom is -0.549 e. The fourth-order valence-electron chi connectivity index (χ4n) is 2.02. The molecule has 0 aliphatic heterocycles.